The van der Waals surface area contributed by atoms with Crippen LogP contribution in [0.25, 0.3) is 0 Å². The van der Waals surface area contributed by atoms with Gasteiger partial charge < -0.3 is 10.8 Å². The Labute approximate surface area is 64.5 Å². The van der Waals surface area contributed by atoms with E-state index in [-0.39, 0.29) is 12.4 Å². The molecule has 1 rings (SSSR count). The number of aliphatic hydroxyl groups excluding tert-OH is 1. The second-order valence-corrected chi connectivity index (χ2v) is 2.31. The molecule has 3 heteroatoms. The molecular weight excluding hydrogens is 145 g/mol. The van der Waals surface area contributed by atoms with Crippen molar-refractivity contribution >= 4 is 0 Å². The average Bonchev–Trinajstić information content (AvgIpc) is 2.04. The molecule has 0 amide bonds. The number of aliphatic hydroxyl groups is 1. The summed E-state index contributed by atoms with van der Waals surface area (Å²) in [6.45, 7) is -0.235. The molecule has 1 aromatic carbocycles. The highest BCUT2D eigenvalue weighted by Crippen LogP contribution is 2.12. The highest BCUT2D eigenvalue weighted by Gasteiger charge is 2.07. The van der Waals surface area contributed by atoms with Crippen molar-refractivity contribution < 1.29 is 9.50 Å². The normalized spacial score (nSPS) is 13.0. The third-order valence-corrected chi connectivity index (χ3v) is 1.50. The summed E-state index contributed by atoms with van der Waals surface area (Å²) < 4.78 is 12.8. The predicted octanol–water partition coefficient (Wildman–Crippen LogP) is 0.818. The van der Waals surface area contributed by atoms with Gasteiger partial charge in [0.25, 0.3) is 0 Å². The van der Waals surface area contributed by atoms with Gasteiger partial charge in [-0.1, -0.05) is 18.2 Å². The number of halogens is 1. The van der Waals surface area contributed by atoms with Crippen LogP contribution in [0.2, 0.25) is 0 Å². The van der Waals surface area contributed by atoms with E-state index < -0.39 is 6.04 Å². The molecule has 0 aliphatic heterocycles. The minimum Gasteiger partial charge on any atom is -0.394 e. The van der Waals surface area contributed by atoms with Gasteiger partial charge >= 0.3 is 0 Å². The Hall–Kier alpha value is -0.930. The molecule has 0 saturated heterocycles. The van der Waals surface area contributed by atoms with Gasteiger partial charge in [-0.05, 0) is 6.07 Å². The summed E-state index contributed by atoms with van der Waals surface area (Å²) in [7, 11) is 0. The third kappa shape index (κ3) is 1.76. The summed E-state index contributed by atoms with van der Waals surface area (Å²) >= 11 is 0. The fourth-order valence-electron chi connectivity index (χ4n) is 0.874. The van der Waals surface area contributed by atoms with Crippen molar-refractivity contribution in [3.8, 4) is 0 Å². The number of nitrogens with two attached hydrogens (primary N) is 1. The van der Waals surface area contributed by atoms with Crippen LogP contribution in [0.5, 0.6) is 0 Å². The van der Waals surface area contributed by atoms with Crippen LogP contribution in [0.1, 0.15) is 11.6 Å². The SMILES string of the molecule is NC(CO)c1ccccc1F. The van der Waals surface area contributed by atoms with Gasteiger partial charge in [-0.2, -0.15) is 0 Å². The van der Waals surface area contributed by atoms with Gasteiger partial charge in [0.1, 0.15) is 5.82 Å². The van der Waals surface area contributed by atoms with Crippen LogP contribution in [0, 0.1) is 5.82 Å². The topological polar surface area (TPSA) is 46.2 Å². The fourth-order valence-corrected chi connectivity index (χ4v) is 0.874. The number of hydrogen-bond acceptors (Lipinski definition) is 2. The molecule has 0 aromatic heterocycles. The lowest BCUT2D eigenvalue weighted by atomic mass is 10.1. The Morgan fingerprint density at radius 1 is 1.45 bits per heavy atom. The van der Waals surface area contributed by atoms with E-state index in [9.17, 15) is 4.39 Å². The standard InChI is InChI=1S/C8H10FNO/c9-7-4-2-1-3-6(7)8(10)5-11/h1-4,8,11H,5,10H2. The number of rotatable bonds is 2. The van der Waals surface area contributed by atoms with Gasteiger partial charge in [-0.25, -0.2) is 4.39 Å². The van der Waals surface area contributed by atoms with Crippen molar-refractivity contribution in [1.29, 1.82) is 0 Å². The first-order chi connectivity index (χ1) is 5.25. The Morgan fingerprint density at radius 3 is 2.64 bits per heavy atom. The van der Waals surface area contributed by atoms with E-state index in [1.54, 1.807) is 18.2 Å². The van der Waals surface area contributed by atoms with E-state index >= 15 is 0 Å². The molecule has 0 spiro atoms. The molecule has 11 heavy (non-hydrogen) atoms. The van der Waals surface area contributed by atoms with Gasteiger partial charge in [0.15, 0.2) is 0 Å². The molecule has 1 atom stereocenters. The van der Waals surface area contributed by atoms with Crippen molar-refractivity contribution in [3.63, 3.8) is 0 Å². The van der Waals surface area contributed by atoms with E-state index in [1.165, 1.54) is 6.07 Å². The zero-order chi connectivity index (χ0) is 8.27. The second kappa shape index (κ2) is 3.46. The van der Waals surface area contributed by atoms with Crippen LogP contribution >= 0.6 is 0 Å². The lowest BCUT2D eigenvalue weighted by molar-refractivity contribution is 0.265. The van der Waals surface area contributed by atoms with Crippen molar-refractivity contribution in [3.05, 3.63) is 35.6 Å². The molecule has 0 saturated carbocycles. The average molecular weight is 155 g/mol. The van der Waals surface area contributed by atoms with Gasteiger partial charge in [-0.3, -0.25) is 0 Å². The smallest absolute Gasteiger partial charge is 0.128 e. The molecule has 1 unspecified atom stereocenters. The molecule has 0 heterocycles. The van der Waals surface area contributed by atoms with Gasteiger partial charge in [-0.15, -0.1) is 0 Å². The van der Waals surface area contributed by atoms with E-state index in [2.05, 4.69) is 0 Å². The molecule has 0 bridgehead atoms. The first-order valence-electron chi connectivity index (χ1n) is 3.36. The van der Waals surface area contributed by atoms with E-state index in [4.69, 9.17) is 10.8 Å². The summed E-state index contributed by atoms with van der Waals surface area (Å²) in [4.78, 5) is 0. The van der Waals surface area contributed by atoms with Gasteiger partial charge in [0.2, 0.25) is 0 Å². The van der Waals surface area contributed by atoms with Crippen LogP contribution in [0.15, 0.2) is 24.3 Å². The molecule has 0 fully saturated rings. The molecule has 0 aliphatic carbocycles. The summed E-state index contributed by atoms with van der Waals surface area (Å²) in [6.07, 6.45) is 0. The van der Waals surface area contributed by atoms with Crippen molar-refractivity contribution in [1.82, 2.24) is 0 Å². The molecule has 0 aliphatic rings. The van der Waals surface area contributed by atoms with Gasteiger partial charge in [0, 0.05) is 5.56 Å². The monoisotopic (exact) mass is 155 g/mol. The molecule has 60 valence electrons. The maximum atomic E-state index is 12.8. The summed E-state index contributed by atoms with van der Waals surface area (Å²) in [5.74, 6) is -0.367. The summed E-state index contributed by atoms with van der Waals surface area (Å²) in [6, 6.07) is 5.55. The first-order valence-corrected chi connectivity index (χ1v) is 3.36. The van der Waals surface area contributed by atoms with E-state index in [0.29, 0.717) is 5.56 Å². The minimum atomic E-state index is -0.615. The Balaban J connectivity index is 2.93. The lowest BCUT2D eigenvalue weighted by Crippen LogP contribution is -2.15. The Morgan fingerprint density at radius 2 is 2.09 bits per heavy atom. The highest BCUT2D eigenvalue weighted by atomic mass is 19.1. The Kier molecular flexibility index (Phi) is 2.57. The van der Waals surface area contributed by atoms with Crippen molar-refractivity contribution in [2.24, 2.45) is 5.73 Å². The zero-order valence-corrected chi connectivity index (χ0v) is 6.00. The molecule has 1 aromatic rings. The number of benzene rings is 1. The maximum Gasteiger partial charge on any atom is 0.128 e. The van der Waals surface area contributed by atoms with Crippen LogP contribution in [0.3, 0.4) is 0 Å². The molecular formula is C8H10FNO. The maximum absolute atomic E-state index is 12.8. The van der Waals surface area contributed by atoms with Crippen molar-refractivity contribution in [2.75, 3.05) is 6.61 Å². The first kappa shape index (κ1) is 8.17. The van der Waals surface area contributed by atoms with Gasteiger partial charge in [0.05, 0.1) is 12.6 Å². The quantitative estimate of drug-likeness (QED) is 0.664. The molecule has 0 radical (unpaired) electrons. The predicted molar refractivity (Wildman–Crippen MR) is 40.4 cm³/mol. The van der Waals surface area contributed by atoms with E-state index in [1.807, 2.05) is 0 Å². The highest BCUT2D eigenvalue weighted by molar-refractivity contribution is 5.20. The lowest BCUT2D eigenvalue weighted by Gasteiger charge is -2.08. The minimum absolute atomic E-state index is 0.235. The second-order valence-electron chi connectivity index (χ2n) is 2.31. The van der Waals surface area contributed by atoms with Crippen molar-refractivity contribution in [2.45, 2.75) is 6.04 Å². The largest absolute Gasteiger partial charge is 0.394 e. The number of hydrogen-bond donors (Lipinski definition) is 2. The summed E-state index contributed by atoms with van der Waals surface area (Å²) in [5.41, 5.74) is 5.76. The van der Waals surface area contributed by atoms with Crippen LogP contribution < -0.4 is 5.73 Å². The molecule has 2 nitrogen and oxygen atoms in total. The van der Waals surface area contributed by atoms with E-state index in [0.717, 1.165) is 0 Å². The fraction of sp³-hybridized carbons (Fsp3) is 0.250. The Bertz CT molecular complexity index is 239. The van der Waals surface area contributed by atoms with Crippen LogP contribution in [-0.2, 0) is 0 Å². The van der Waals surface area contributed by atoms with Crippen LogP contribution in [0.4, 0.5) is 4.39 Å². The zero-order valence-electron chi connectivity index (χ0n) is 6.00. The van der Waals surface area contributed by atoms with Crippen LogP contribution in [-0.4, -0.2) is 11.7 Å². The third-order valence-electron chi connectivity index (χ3n) is 1.50. The molecule has 3 N–H and O–H groups in total. The summed E-state index contributed by atoms with van der Waals surface area (Å²) in [5, 5.41) is 8.62.